The molecule has 0 fully saturated rings. The second kappa shape index (κ2) is 3.40. The van der Waals surface area contributed by atoms with E-state index < -0.39 is 0 Å². The number of fused-ring (bicyclic) bond motifs is 1. The fourth-order valence-corrected chi connectivity index (χ4v) is 2.94. The quantitative estimate of drug-likeness (QED) is 0.812. The van der Waals surface area contributed by atoms with Crippen LogP contribution in [0.3, 0.4) is 0 Å². The number of nitrogens with one attached hydrogen (secondary N) is 1. The molecule has 14 heavy (non-hydrogen) atoms. The summed E-state index contributed by atoms with van der Waals surface area (Å²) in [6, 6.07) is 2.03. The van der Waals surface area contributed by atoms with E-state index in [0.29, 0.717) is 5.69 Å². The highest BCUT2D eigenvalue weighted by Gasteiger charge is 2.17. The predicted molar refractivity (Wildman–Crippen MR) is 60.0 cm³/mol. The topological polar surface area (TPSA) is 42.1 Å². The summed E-state index contributed by atoms with van der Waals surface area (Å²) in [6.07, 6.45) is 0. The Morgan fingerprint density at radius 3 is 2.93 bits per heavy atom. The van der Waals surface area contributed by atoms with E-state index in [1.165, 1.54) is 12.0 Å². The Labute approximate surface area is 93.2 Å². The number of halogens is 1. The van der Waals surface area contributed by atoms with E-state index in [9.17, 15) is 4.79 Å². The summed E-state index contributed by atoms with van der Waals surface area (Å²) in [5.41, 5.74) is 0.480. The molecule has 0 amide bonds. The van der Waals surface area contributed by atoms with Crippen molar-refractivity contribution in [1.82, 2.24) is 4.98 Å². The fraction of sp³-hybridized carbons (Fsp3) is 0.222. The summed E-state index contributed by atoms with van der Waals surface area (Å²) in [6.45, 7) is 2.03. The van der Waals surface area contributed by atoms with Crippen LogP contribution in [0.5, 0.6) is 0 Å². The van der Waals surface area contributed by atoms with Crippen LogP contribution in [0.25, 0.3) is 10.2 Å². The Kier molecular flexibility index (Phi) is 2.36. The highest BCUT2D eigenvalue weighted by atomic mass is 79.9. The van der Waals surface area contributed by atoms with Crippen molar-refractivity contribution < 1.29 is 9.53 Å². The van der Waals surface area contributed by atoms with Crippen molar-refractivity contribution >= 4 is 43.5 Å². The molecule has 0 aliphatic rings. The molecule has 2 rings (SSSR count). The number of H-pyrrole nitrogens is 1. The first-order chi connectivity index (χ1) is 6.63. The van der Waals surface area contributed by atoms with Crippen LogP contribution in [0.1, 0.15) is 15.4 Å². The van der Waals surface area contributed by atoms with Crippen molar-refractivity contribution in [3.05, 3.63) is 21.1 Å². The van der Waals surface area contributed by atoms with Gasteiger partial charge in [0, 0.05) is 10.3 Å². The minimum Gasteiger partial charge on any atom is -0.464 e. The largest absolute Gasteiger partial charge is 0.464 e. The lowest BCUT2D eigenvalue weighted by Gasteiger charge is -1.95. The highest BCUT2D eigenvalue weighted by molar-refractivity contribution is 9.10. The maximum Gasteiger partial charge on any atom is 0.355 e. The van der Waals surface area contributed by atoms with Crippen molar-refractivity contribution in [2.75, 3.05) is 7.11 Å². The zero-order valence-electron chi connectivity index (χ0n) is 7.68. The third kappa shape index (κ3) is 1.36. The first kappa shape index (κ1) is 9.73. The molecule has 0 saturated heterocycles. The molecule has 0 saturated carbocycles. The van der Waals surface area contributed by atoms with Gasteiger partial charge in [0.2, 0.25) is 0 Å². The van der Waals surface area contributed by atoms with Crippen LogP contribution >= 0.6 is 27.3 Å². The van der Waals surface area contributed by atoms with E-state index in [2.05, 4.69) is 25.7 Å². The van der Waals surface area contributed by atoms with Crippen LogP contribution < -0.4 is 0 Å². The number of aromatic nitrogens is 1. The van der Waals surface area contributed by atoms with E-state index in [0.717, 1.165) is 14.7 Å². The summed E-state index contributed by atoms with van der Waals surface area (Å²) in [7, 11) is 1.37. The number of thiophene rings is 1. The van der Waals surface area contributed by atoms with Crippen LogP contribution in [-0.2, 0) is 4.74 Å². The molecule has 0 aromatic carbocycles. The number of carbonyl (C=O) groups is 1. The maximum atomic E-state index is 11.3. The van der Waals surface area contributed by atoms with Crippen molar-refractivity contribution in [2.45, 2.75) is 6.92 Å². The SMILES string of the molecule is COC(=O)c1[nH]c2sc(C)cc2c1Br. The average Bonchev–Trinajstić information content (AvgIpc) is 2.64. The Balaban J connectivity index is 2.64. The molecule has 2 aromatic heterocycles. The molecule has 0 spiro atoms. The zero-order chi connectivity index (χ0) is 10.3. The third-order valence-corrected chi connectivity index (χ3v) is 3.73. The van der Waals surface area contributed by atoms with Crippen molar-refractivity contribution in [3.8, 4) is 0 Å². The van der Waals surface area contributed by atoms with Crippen molar-refractivity contribution in [3.63, 3.8) is 0 Å². The molecule has 0 radical (unpaired) electrons. The summed E-state index contributed by atoms with van der Waals surface area (Å²) in [4.78, 5) is 16.5. The minimum absolute atomic E-state index is 0.349. The number of aromatic amines is 1. The van der Waals surface area contributed by atoms with Gasteiger partial charge >= 0.3 is 5.97 Å². The lowest BCUT2D eigenvalue weighted by molar-refractivity contribution is 0.0594. The van der Waals surface area contributed by atoms with E-state index in [1.54, 1.807) is 11.3 Å². The molecule has 0 bridgehead atoms. The van der Waals surface area contributed by atoms with Crippen LogP contribution in [-0.4, -0.2) is 18.1 Å². The molecule has 74 valence electrons. The van der Waals surface area contributed by atoms with E-state index >= 15 is 0 Å². The molecule has 3 nitrogen and oxygen atoms in total. The van der Waals surface area contributed by atoms with Gasteiger partial charge in [0.05, 0.1) is 11.6 Å². The molecule has 0 unspecified atom stereocenters. The third-order valence-electron chi connectivity index (χ3n) is 1.94. The van der Waals surface area contributed by atoms with Gasteiger partial charge in [0.25, 0.3) is 0 Å². The minimum atomic E-state index is -0.349. The van der Waals surface area contributed by atoms with Gasteiger partial charge in [0.1, 0.15) is 10.5 Å². The van der Waals surface area contributed by atoms with Crippen molar-refractivity contribution in [2.24, 2.45) is 0 Å². The smallest absolute Gasteiger partial charge is 0.355 e. The number of rotatable bonds is 1. The van der Waals surface area contributed by atoms with Gasteiger partial charge in [-0.15, -0.1) is 11.3 Å². The number of hydrogen-bond acceptors (Lipinski definition) is 3. The molecule has 1 N–H and O–H groups in total. The molecule has 0 aliphatic heterocycles. The summed E-state index contributed by atoms with van der Waals surface area (Å²) >= 11 is 5.00. The molecule has 0 atom stereocenters. The number of ether oxygens (including phenoxy) is 1. The Morgan fingerprint density at radius 1 is 1.64 bits per heavy atom. The van der Waals surface area contributed by atoms with Gasteiger partial charge in [-0.1, -0.05) is 0 Å². The van der Waals surface area contributed by atoms with Crippen LogP contribution in [0, 0.1) is 6.92 Å². The van der Waals surface area contributed by atoms with E-state index in [1.807, 2.05) is 13.0 Å². The van der Waals surface area contributed by atoms with Gasteiger partial charge in [-0.2, -0.15) is 0 Å². The second-order valence-corrected chi connectivity index (χ2v) is 4.95. The maximum absolute atomic E-state index is 11.3. The monoisotopic (exact) mass is 273 g/mol. The first-order valence-electron chi connectivity index (χ1n) is 3.99. The summed E-state index contributed by atoms with van der Waals surface area (Å²) in [5.74, 6) is -0.349. The Bertz CT molecular complexity index is 500. The standard InChI is InChI=1S/C9H8BrNO2S/c1-4-3-5-6(10)7(9(12)13-2)11-8(5)14-4/h3,11H,1-2H3. The summed E-state index contributed by atoms with van der Waals surface area (Å²) in [5, 5.41) is 1.04. The number of methoxy groups -OCH3 is 1. The van der Waals surface area contributed by atoms with Gasteiger partial charge in [-0.3, -0.25) is 0 Å². The van der Waals surface area contributed by atoms with Gasteiger partial charge in [-0.05, 0) is 28.9 Å². The zero-order valence-corrected chi connectivity index (χ0v) is 10.1. The van der Waals surface area contributed by atoms with E-state index in [-0.39, 0.29) is 5.97 Å². The fourth-order valence-electron chi connectivity index (χ4n) is 1.32. The average molecular weight is 274 g/mol. The number of hydrogen-bond donors (Lipinski definition) is 1. The van der Waals surface area contributed by atoms with Crippen LogP contribution in [0.4, 0.5) is 0 Å². The second-order valence-electron chi connectivity index (χ2n) is 2.91. The number of carbonyl (C=O) groups excluding carboxylic acids is 1. The normalized spacial score (nSPS) is 10.8. The molecule has 2 aromatic rings. The lowest BCUT2D eigenvalue weighted by Crippen LogP contribution is -2.01. The first-order valence-corrected chi connectivity index (χ1v) is 5.60. The predicted octanol–water partition coefficient (Wildman–Crippen LogP) is 3.09. The Hall–Kier alpha value is -0.810. The molecule has 2 heterocycles. The van der Waals surface area contributed by atoms with Gasteiger partial charge in [0.15, 0.2) is 0 Å². The van der Waals surface area contributed by atoms with Crippen molar-refractivity contribution in [1.29, 1.82) is 0 Å². The summed E-state index contributed by atoms with van der Waals surface area (Å²) < 4.78 is 5.43. The molecule has 5 heteroatoms. The number of esters is 1. The molecule has 0 aliphatic carbocycles. The highest BCUT2D eigenvalue weighted by Crippen LogP contribution is 2.33. The molecular weight excluding hydrogens is 266 g/mol. The van der Waals surface area contributed by atoms with Crippen LogP contribution in [0.15, 0.2) is 10.5 Å². The molecular formula is C9H8BrNO2S. The number of aryl methyl sites for hydroxylation is 1. The van der Waals surface area contributed by atoms with E-state index in [4.69, 9.17) is 0 Å². The van der Waals surface area contributed by atoms with Gasteiger partial charge < -0.3 is 9.72 Å². The Morgan fingerprint density at radius 2 is 2.36 bits per heavy atom. The van der Waals surface area contributed by atoms with Crippen LogP contribution in [0.2, 0.25) is 0 Å². The van der Waals surface area contributed by atoms with Gasteiger partial charge in [-0.25, -0.2) is 4.79 Å². The lowest BCUT2D eigenvalue weighted by atomic mass is 10.3.